The molecule has 0 bridgehead atoms. The third kappa shape index (κ3) is 5.21. The second-order valence-corrected chi connectivity index (χ2v) is 8.59. The van der Waals surface area contributed by atoms with Gasteiger partial charge in [-0.3, -0.25) is 0 Å². The maximum absolute atomic E-state index is 6.28. The van der Waals surface area contributed by atoms with Gasteiger partial charge < -0.3 is 19.0 Å². The molecule has 2 aliphatic rings. The van der Waals surface area contributed by atoms with Crippen LogP contribution >= 0.6 is 23.2 Å². The molecule has 0 saturated carbocycles. The average molecular weight is 488 g/mol. The fourth-order valence-electron chi connectivity index (χ4n) is 3.78. The lowest BCUT2D eigenvalue weighted by atomic mass is 10.2. The Kier molecular flexibility index (Phi) is 6.61. The lowest BCUT2D eigenvalue weighted by molar-refractivity contribution is 0.122. The third-order valence-electron chi connectivity index (χ3n) is 5.47. The zero-order chi connectivity index (χ0) is 22.6. The summed E-state index contributed by atoms with van der Waals surface area (Å²) in [6, 6.07) is 8.92. The van der Waals surface area contributed by atoms with E-state index in [1.807, 2.05) is 18.2 Å². The van der Waals surface area contributed by atoms with E-state index in [1.165, 1.54) is 0 Å². The summed E-state index contributed by atoms with van der Waals surface area (Å²) < 4.78 is 11.3. The molecule has 0 spiro atoms. The zero-order valence-corrected chi connectivity index (χ0v) is 19.4. The van der Waals surface area contributed by atoms with E-state index in [9.17, 15) is 0 Å². The molecule has 1 N–H and O–H groups in total. The number of nitrogens with one attached hydrogen (secondary N) is 1. The predicted molar refractivity (Wildman–Crippen MR) is 130 cm³/mol. The Hall–Kier alpha value is -2.88. The van der Waals surface area contributed by atoms with Crippen LogP contribution in [-0.4, -0.2) is 60.6 Å². The number of aromatic nitrogens is 3. The number of hydrogen-bond acceptors (Lipinski definition) is 9. The van der Waals surface area contributed by atoms with Crippen molar-refractivity contribution >= 4 is 47.3 Å². The first-order valence-electron chi connectivity index (χ1n) is 10.8. The average Bonchev–Trinajstić information content (AvgIpc) is 3.52. The van der Waals surface area contributed by atoms with Gasteiger partial charge in [0.2, 0.25) is 17.8 Å². The molecule has 33 heavy (non-hydrogen) atoms. The van der Waals surface area contributed by atoms with Gasteiger partial charge in [-0.2, -0.15) is 20.1 Å². The SMILES string of the molecule is Clc1ccc(-c2ccc(/C=N\Nc3nc(N4CCCC4)nc(N4CCOCC4)n3)o2)c(Cl)c1. The van der Waals surface area contributed by atoms with Crippen LogP contribution in [0.5, 0.6) is 0 Å². The highest BCUT2D eigenvalue weighted by molar-refractivity contribution is 6.36. The van der Waals surface area contributed by atoms with E-state index in [-0.39, 0.29) is 0 Å². The van der Waals surface area contributed by atoms with Gasteiger partial charge in [0.05, 0.1) is 24.5 Å². The summed E-state index contributed by atoms with van der Waals surface area (Å²) in [5.41, 5.74) is 3.68. The Morgan fingerprint density at radius 2 is 1.64 bits per heavy atom. The summed E-state index contributed by atoms with van der Waals surface area (Å²) in [7, 11) is 0. The van der Waals surface area contributed by atoms with Gasteiger partial charge >= 0.3 is 0 Å². The van der Waals surface area contributed by atoms with Crippen LogP contribution in [0.2, 0.25) is 10.0 Å². The number of morpholine rings is 1. The first-order chi connectivity index (χ1) is 16.2. The van der Waals surface area contributed by atoms with E-state index in [0.717, 1.165) is 44.6 Å². The van der Waals surface area contributed by atoms with Crippen LogP contribution in [0.25, 0.3) is 11.3 Å². The fourth-order valence-corrected chi connectivity index (χ4v) is 4.28. The third-order valence-corrected chi connectivity index (χ3v) is 6.02. The molecule has 1 aromatic carbocycles. The number of nitrogens with zero attached hydrogens (tertiary/aromatic N) is 6. The molecule has 2 fully saturated rings. The highest BCUT2D eigenvalue weighted by Gasteiger charge is 2.21. The maximum atomic E-state index is 6.28. The van der Waals surface area contributed by atoms with Gasteiger partial charge in [0.15, 0.2) is 0 Å². The van der Waals surface area contributed by atoms with E-state index in [1.54, 1.807) is 18.3 Å². The number of ether oxygens (including phenoxy) is 1. The molecule has 2 aliphatic heterocycles. The topological polar surface area (TPSA) is 91.9 Å². The van der Waals surface area contributed by atoms with Crippen LogP contribution in [0.1, 0.15) is 18.6 Å². The first-order valence-corrected chi connectivity index (χ1v) is 11.6. The molecule has 3 aromatic rings. The summed E-state index contributed by atoms with van der Waals surface area (Å²) in [6.45, 7) is 4.69. The smallest absolute Gasteiger partial charge is 0.250 e. The molecule has 172 valence electrons. The number of furan rings is 1. The molecule has 9 nitrogen and oxygen atoms in total. The largest absolute Gasteiger partial charge is 0.455 e. The lowest BCUT2D eigenvalue weighted by Gasteiger charge is -2.27. The highest BCUT2D eigenvalue weighted by Crippen LogP contribution is 2.31. The molecular weight excluding hydrogens is 465 g/mol. The van der Waals surface area contributed by atoms with Crippen molar-refractivity contribution in [3.8, 4) is 11.3 Å². The number of hydrazone groups is 1. The van der Waals surface area contributed by atoms with E-state index < -0.39 is 0 Å². The van der Waals surface area contributed by atoms with Gasteiger partial charge in [-0.1, -0.05) is 23.2 Å². The van der Waals surface area contributed by atoms with Gasteiger partial charge in [-0.25, -0.2) is 5.43 Å². The monoisotopic (exact) mass is 487 g/mol. The minimum Gasteiger partial charge on any atom is -0.455 e. The van der Waals surface area contributed by atoms with Crippen LogP contribution in [-0.2, 0) is 4.74 Å². The molecule has 0 unspecified atom stereocenters. The number of benzene rings is 1. The minimum absolute atomic E-state index is 0.386. The first kappa shape index (κ1) is 21.9. The van der Waals surface area contributed by atoms with Crippen LogP contribution < -0.4 is 15.2 Å². The van der Waals surface area contributed by atoms with Crippen molar-refractivity contribution < 1.29 is 9.15 Å². The highest BCUT2D eigenvalue weighted by atomic mass is 35.5. The van der Waals surface area contributed by atoms with Crippen molar-refractivity contribution in [2.24, 2.45) is 5.10 Å². The van der Waals surface area contributed by atoms with Gasteiger partial charge in [0.25, 0.3) is 0 Å². The van der Waals surface area contributed by atoms with E-state index >= 15 is 0 Å². The summed E-state index contributed by atoms with van der Waals surface area (Å²) in [5, 5.41) is 5.37. The molecule has 0 amide bonds. The van der Waals surface area contributed by atoms with Crippen molar-refractivity contribution in [2.75, 3.05) is 54.6 Å². The molecule has 5 rings (SSSR count). The molecule has 0 aliphatic carbocycles. The summed E-state index contributed by atoms with van der Waals surface area (Å²) in [4.78, 5) is 18.1. The number of anilines is 3. The van der Waals surface area contributed by atoms with E-state index in [4.69, 9.17) is 37.3 Å². The van der Waals surface area contributed by atoms with Gasteiger partial charge in [-0.15, -0.1) is 0 Å². The molecule has 0 radical (unpaired) electrons. The Bertz CT molecular complexity index is 1140. The Balaban J connectivity index is 1.33. The molecule has 2 saturated heterocycles. The normalized spacial score (nSPS) is 16.7. The molecular formula is C22H23Cl2N7O2. The second kappa shape index (κ2) is 9.94. The van der Waals surface area contributed by atoms with Crippen LogP contribution in [0.15, 0.2) is 39.9 Å². The van der Waals surface area contributed by atoms with Crippen molar-refractivity contribution in [2.45, 2.75) is 12.8 Å². The quantitative estimate of drug-likeness (QED) is 0.405. The Morgan fingerprint density at radius 3 is 2.36 bits per heavy atom. The molecule has 2 aromatic heterocycles. The van der Waals surface area contributed by atoms with E-state index in [2.05, 4.69) is 30.3 Å². The van der Waals surface area contributed by atoms with Crippen molar-refractivity contribution in [3.05, 3.63) is 46.1 Å². The van der Waals surface area contributed by atoms with Gasteiger partial charge in [0, 0.05) is 36.8 Å². The molecule has 0 atom stereocenters. The van der Waals surface area contributed by atoms with Crippen molar-refractivity contribution in [1.82, 2.24) is 15.0 Å². The summed E-state index contributed by atoms with van der Waals surface area (Å²) in [6.07, 6.45) is 3.84. The van der Waals surface area contributed by atoms with Crippen LogP contribution in [0.4, 0.5) is 17.8 Å². The van der Waals surface area contributed by atoms with Crippen molar-refractivity contribution in [3.63, 3.8) is 0 Å². The van der Waals surface area contributed by atoms with Crippen LogP contribution in [0.3, 0.4) is 0 Å². The van der Waals surface area contributed by atoms with Crippen LogP contribution in [0, 0.1) is 0 Å². The fraction of sp³-hybridized carbons (Fsp3) is 0.364. The minimum atomic E-state index is 0.386. The predicted octanol–water partition coefficient (Wildman–Crippen LogP) is 4.32. The second-order valence-electron chi connectivity index (χ2n) is 7.75. The lowest BCUT2D eigenvalue weighted by Crippen LogP contribution is -2.38. The Morgan fingerprint density at radius 1 is 0.909 bits per heavy atom. The van der Waals surface area contributed by atoms with Crippen molar-refractivity contribution in [1.29, 1.82) is 0 Å². The maximum Gasteiger partial charge on any atom is 0.250 e. The molecule has 4 heterocycles. The number of halogens is 2. The summed E-state index contributed by atoms with van der Waals surface area (Å²) in [5.74, 6) is 2.87. The summed E-state index contributed by atoms with van der Waals surface area (Å²) >= 11 is 12.3. The van der Waals surface area contributed by atoms with Gasteiger partial charge in [0.1, 0.15) is 11.5 Å². The standard InChI is InChI=1S/C22H23Cl2N7O2/c23-15-3-5-17(18(24)13-15)19-6-4-16(33-19)14-25-29-20-26-21(30-7-1-2-8-30)28-22(27-20)31-9-11-32-12-10-31/h3-6,13-14H,1-2,7-12H2,(H,26,27,28,29)/b25-14-. The molecule has 11 heteroatoms. The Labute approximate surface area is 201 Å². The van der Waals surface area contributed by atoms with E-state index in [0.29, 0.717) is 52.6 Å². The number of hydrogen-bond donors (Lipinski definition) is 1. The zero-order valence-electron chi connectivity index (χ0n) is 17.9. The van der Waals surface area contributed by atoms with Gasteiger partial charge in [-0.05, 0) is 43.2 Å². The number of rotatable bonds is 6.